The highest BCUT2D eigenvalue weighted by molar-refractivity contribution is 6.21. The van der Waals surface area contributed by atoms with Crippen LogP contribution in [-0.2, 0) is 22.5 Å². The molecule has 6 heteroatoms. The van der Waals surface area contributed by atoms with Gasteiger partial charge >= 0.3 is 12.0 Å². The van der Waals surface area contributed by atoms with Crippen LogP contribution >= 0.6 is 0 Å². The molecule has 0 radical (unpaired) electrons. The average molecular weight is 350 g/mol. The Labute approximate surface area is 151 Å². The van der Waals surface area contributed by atoms with E-state index in [-0.39, 0.29) is 11.9 Å². The molecule has 6 nitrogen and oxygen atoms in total. The van der Waals surface area contributed by atoms with E-state index in [1.807, 2.05) is 24.3 Å². The summed E-state index contributed by atoms with van der Waals surface area (Å²) in [4.78, 5) is 40.2. The number of fused-ring (bicyclic) bond motifs is 2. The number of imide groups is 1. The van der Waals surface area contributed by atoms with E-state index in [1.54, 1.807) is 36.1 Å². The van der Waals surface area contributed by atoms with Crippen LogP contribution in [0.2, 0.25) is 0 Å². The molecule has 2 aromatic rings. The molecule has 4 rings (SSSR count). The summed E-state index contributed by atoms with van der Waals surface area (Å²) in [7, 11) is 0. The van der Waals surface area contributed by atoms with Gasteiger partial charge in [-0.15, -0.1) is 0 Å². The Bertz CT molecular complexity index is 848. The number of esters is 1. The number of hydrogen-bond acceptors (Lipinski definition) is 4. The molecule has 0 saturated carbocycles. The molecular formula is C20H18N2O4. The van der Waals surface area contributed by atoms with Gasteiger partial charge in [0.25, 0.3) is 5.91 Å². The molecule has 1 atom stereocenters. The van der Waals surface area contributed by atoms with Crippen LogP contribution in [0.5, 0.6) is 0 Å². The molecule has 26 heavy (non-hydrogen) atoms. The van der Waals surface area contributed by atoms with Crippen molar-refractivity contribution in [3.8, 4) is 0 Å². The molecule has 2 aromatic carbocycles. The van der Waals surface area contributed by atoms with Crippen LogP contribution in [-0.4, -0.2) is 35.5 Å². The maximum atomic E-state index is 12.9. The third kappa shape index (κ3) is 2.54. The molecule has 3 amide bonds. The van der Waals surface area contributed by atoms with E-state index in [4.69, 9.17) is 4.74 Å². The van der Waals surface area contributed by atoms with Crippen LogP contribution in [0.3, 0.4) is 0 Å². The van der Waals surface area contributed by atoms with E-state index in [0.717, 1.165) is 11.1 Å². The van der Waals surface area contributed by atoms with E-state index in [9.17, 15) is 14.4 Å². The number of urea groups is 1. The fraction of sp³-hybridized carbons (Fsp3) is 0.250. The Morgan fingerprint density at radius 1 is 1.08 bits per heavy atom. The summed E-state index contributed by atoms with van der Waals surface area (Å²) < 4.78 is 4.95. The van der Waals surface area contributed by atoms with Crippen molar-refractivity contribution in [3.05, 3.63) is 65.2 Å². The van der Waals surface area contributed by atoms with Gasteiger partial charge in [-0.3, -0.25) is 4.79 Å². The quantitative estimate of drug-likeness (QED) is 0.631. The summed E-state index contributed by atoms with van der Waals surface area (Å²) in [6, 6.07) is 13.4. The first kappa shape index (κ1) is 16.3. The summed E-state index contributed by atoms with van der Waals surface area (Å²) in [5.41, 5.74) is 3.03. The minimum Gasteiger partial charge on any atom is -0.462 e. The van der Waals surface area contributed by atoms with Gasteiger partial charge in [-0.2, -0.15) is 0 Å². The van der Waals surface area contributed by atoms with Gasteiger partial charge in [0.05, 0.1) is 17.9 Å². The second kappa shape index (κ2) is 6.29. The molecule has 132 valence electrons. The molecule has 2 aliphatic heterocycles. The molecule has 1 unspecified atom stereocenters. The van der Waals surface area contributed by atoms with Crippen molar-refractivity contribution < 1.29 is 19.1 Å². The first-order valence-corrected chi connectivity index (χ1v) is 8.58. The van der Waals surface area contributed by atoms with Crippen LogP contribution in [0.1, 0.15) is 28.4 Å². The van der Waals surface area contributed by atoms with Gasteiger partial charge in [-0.25, -0.2) is 14.5 Å². The van der Waals surface area contributed by atoms with Gasteiger partial charge in [-0.1, -0.05) is 24.3 Å². The van der Waals surface area contributed by atoms with E-state index < -0.39 is 12.0 Å². The van der Waals surface area contributed by atoms with E-state index >= 15 is 0 Å². The van der Waals surface area contributed by atoms with Crippen molar-refractivity contribution in [2.45, 2.75) is 25.9 Å². The Morgan fingerprint density at radius 3 is 2.46 bits per heavy atom. The summed E-state index contributed by atoms with van der Waals surface area (Å²) >= 11 is 0. The zero-order valence-electron chi connectivity index (χ0n) is 14.3. The second-order valence-corrected chi connectivity index (χ2v) is 6.34. The normalized spacial score (nSPS) is 18.6. The van der Waals surface area contributed by atoms with Crippen molar-refractivity contribution >= 4 is 23.6 Å². The lowest BCUT2D eigenvalue weighted by atomic mass is 9.95. The third-order valence-corrected chi connectivity index (χ3v) is 4.83. The van der Waals surface area contributed by atoms with Crippen LogP contribution in [0, 0.1) is 0 Å². The lowest BCUT2D eigenvalue weighted by Crippen LogP contribution is -2.39. The smallest absolute Gasteiger partial charge is 0.338 e. The maximum Gasteiger partial charge on any atom is 0.338 e. The minimum absolute atomic E-state index is 0.228. The highest BCUT2D eigenvalue weighted by Gasteiger charge is 2.47. The highest BCUT2D eigenvalue weighted by atomic mass is 16.5. The van der Waals surface area contributed by atoms with Gasteiger partial charge < -0.3 is 9.64 Å². The topological polar surface area (TPSA) is 66.9 Å². The van der Waals surface area contributed by atoms with Gasteiger partial charge in [0.2, 0.25) is 0 Å². The summed E-state index contributed by atoms with van der Waals surface area (Å²) in [5, 5.41) is 0. The SMILES string of the molecule is CCOC(=O)c1ccc(N2C(=O)C3Cc4ccccc4CN3C2=O)cc1. The molecule has 1 saturated heterocycles. The Hall–Kier alpha value is -3.15. The highest BCUT2D eigenvalue weighted by Crippen LogP contribution is 2.32. The molecule has 1 fully saturated rings. The molecule has 0 aromatic heterocycles. The average Bonchev–Trinajstić information content (AvgIpc) is 2.90. The number of nitrogens with zero attached hydrogens (tertiary/aromatic N) is 2. The number of anilines is 1. The number of benzene rings is 2. The number of carbonyl (C=O) groups is 3. The van der Waals surface area contributed by atoms with Crippen molar-refractivity contribution in [3.63, 3.8) is 0 Å². The van der Waals surface area contributed by atoms with Crippen molar-refractivity contribution in [2.24, 2.45) is 0 Å². The Morgan fingerprint density at radius 2 is 1.77 bits per heavy atom. The number of ether oxygens (including phenoxy) is 1. The standard InChI is InChI=1S/C20H18N2O4/c1-2-26-19(24)13-7-9-16(10-8-13)22-18(23)17-11-14-5-3-4-6-15(14)12-21(17)20(22)25/h3-10,17H,2,11-12H2,1H3. The molecule has 0 aliphatic carbocycles. The minimum atomic E-state index is -0.470. The summed E-state index contributed by atoms with van der Waals surface area (Å²) in [6.45, 7) is 2.46. The zero-order chi connectivity index (χ0) is 18.3. The van der Waals surface area contributed by atoms with E-state index in [1.165, 1.54) is 4.90 Å². The molecule has 0 bridgehead atoms. The van der Waals surface area contributed by atoms with E-state index in [2.05, 4.69) is 0 Å². The second-order valence-electron chi connectivity index (χ2n) is 6.34. The van der Waals surface area contributed by atoms with Crippen molar-refractivity contribution in [1.82, 2.24) is 4.90 Å². The fourth-order valence-corrected chi connectivity index (χ4v) is 3.52. The van der Waals surface area contributed by atoms with Gasteiger partial charge in [0.1, 0.15) is 6.04 Å². The Kier molecular flexibility index (Phi) is 3.95. The maximum absolute atomic E-state index is 12.9. The van der Waals surface area contributed by atoms with Gasteiger partial charge in [-0.05, 0) is 42.3 Å². The number of rotatable bonds is 3. The predicted molar refractivity (Wildman–Crippen MR) is 94.8 cm³/mol. The predicted octanol–water partition coefficient (Wildman–Crippen LogP) is 2.76. The van der Waals surface area contributed by atoms with Crippen molar-refractivity contribution in [1.29, 1.82) is 0 Å². The molecule has 0 spiro atoms. The van der Waals surface area contributed by atoms with Crippen LogP contribution in [0.15, 0.2) is 48.5 Å². The first-order chi connectivity index (χ1) is 12.6. The fourth-order valence-electron chi connectivity index (χ4n) is 3.52. The molecule has 2 heterocycles. The molecule has 2 aliphatic rings. The lowest BCUT2D eigenvalue weighted by molar-refractivity contribution is -0.120. The van der Waals surface area contributed by atoms with Crippen molar-refractivity contribution in [2.75, 3.05) is 11.5 Å². The summed E-state index contributed by atoms with van der Waals surface area (Å²) in [5.74, 6) is -0.653. The van der Waals surface area contributed by atoms with Crippen LogP contribution in [0.25, 0.3) is 0 Å². The van der Waals surface area contributed by atoms with E-state index in [0.29, 0.717) is 30.8 Å². The summed E-state index contributed by atoms with van der Waals surface area (Å²) in [6.07, 6.45) is 0.526. The number of amides is 3. The lowest BCUT2D eigenvalue weighted by Gasteiger charge is -2.28. The first-order valence-electron chi connectivity index (χ1n) is 8.58. The number of hydrogen-bond donors (Lipinski definition) is 0. The van der Waals surface area contributed by atoms with Crippen LogP contribution < -0.4 is 4.90 Å². The third-order valence-electron chi connectivity index (χ3n) is 4.83. The molecule has 0 N–H and O–H groups in total. The van der Waals surface area contributed by atoms with Gasteiger partial charge in [0.15, 0.2) is 0 Å². The largest absolute Gasteiger partial charge is 0.462 e. The van der Waals surface area contributed by atoms with Gasteiger partial charge in [0, 0.05) is 13.0 Å². The molecular weight excluding hydrogens is 332 g/mol. The monoisotopic (exact) mass is 350 g/mol. The zero-order valence-corrected chi connectivity index (χ0v) is 14.3. The van der Waals surface area contributed by atoms with Crippen LogP contribution in [0.4, 0.5) is 10.5 Å². The Balaban J connectivity index is 1.60. The number of carbonyl (C=O) groups excluding carboxylic acids is 3.